The molecule has 0 spiro atoms. The lowest BCUT2D eigenvalue weighted by Crippen LogP contribution is -2.25. The van der Waals surface area contributed by atoms with Crippen LogP contribution in [0.5, 0.6) is 5.88 Å². The fourth-order valence-corrected chi connectivity index (χ4v) is 3.23. The van der Waals surface area contributed by atoms with Crippen LogP contribution in [-0.2, 0) is 4.79 Å². The fraction of sp³-hybridized carbons (Fsp3) is 0.444. The molecular formula is C27H35N3O2. The zero-order valence-electron chi connectivity index (χ0n) is 19.6. The molecular weight excluding hydrogens is 398 g/mol. The van der Waals surface area contributed by atoms with Crippen LogP contribution in [0, 0.1) is 17.2 Å². The van der Waals surface area contributed by atoms with Gasteiger partial charge in [-0.1, -0.05) is 63.5 Å². The Morgan fingerprint density at radius 2 is 1.94 bits per heavy atom. The average molecular weight is 434 g/mol. The predicted molar refractivity (Wildman–Crippen MR) is 130 cm³/mol. The molecule has 0 fully saturated rings. The minimum absolute atomic E-state index is 0.0242. The molecule has 0 aliphatic carbocycles. The topological polar surface area (TPSA) is 75.0 Å². The highest BCUT2D eigenvalue weighted by Crippen LogP contribution is 2.22. The van der Waals surface area contributed by atoms with Crippen molar-refractivity contribution in [1.82, 2.24) is 10.3 Å². The van der Waals surface area contributed by atoms with Crippen LogP contribution in [0.3, 0.4) is 0 Å². The predicted octanol–water partition coefficient (Wildman–Crippen LogP) is 6.10. The molecule has 0 aliphatic heterocycles. The molecule has 0 atom stereocenters. The normalized spacial score (nSPS) is 11.8. The van der Waals surface area contributed by atoms with Crippen molar-refractivity contribution in [1.29, 1.82) is 5.26 Å². The Morgan fingerprint density at radius 1 is 1.19 bits per heavy atom. The molecule has 32 heavy (non-hydrogen) atoms. The summed E-state index contributed by atoms with van der Waals surface area (Å²) in [5, 5.41) is 13.2. The molecule has 2 aromatic rings. The number of carbonyl (C=O) groups is 1. The van der Waals surface area contributed by atoms with Crippen LogP contribution in [-0.4, -0.2) is 24.0 Å². The van der Waals surface area contributed by atoms with Crippen LogP contribution in [0.15, 0.2) is 54.1 Å². The van der Waals surface area contributed by atoms with Crippen molar-refractivity contribution < 1.29 is 9.53 Å². The number of carbonyl (C=O) groups excluding carboxylic acids is 1. The van der Waals surface area contributed by atoms with E-state index in [0.29, 0.717) is 30.5 Å². The number of hydrogen-bond acceptors (Lipinski definition) is 4. The molecule has 170 valence electrons. The molecule has 0 radical (unpaired) electrons. The third-order valence-corrected chi connectivity index (χ3v) is 4.99. The van der Waals surface area contributed by atoms with Crippen molar-refractivity contribution in [3.8, 4) is 11.9 Å². The molecule has 1 heterocycles. The van der Waals surface area contributed by atoms with E-state index in [2.05, 4.69) is 36.3 Å². The van der Waals surface area contributed by atoms with E-state index in [1.807, 2.05) is 43.3 Å². The first kappa shape index (κ1) is 25.1. The van der Waals surface area contributed by atoms with Crippen LogP contribution in [0.25, 0.3) is 10.9 Å². The largest absolute Gasteiger partial charge is 0.477 e. The summed E-state index contributed by atoms with van der Waals surface area (Å²) in [5.41, 5.74) is 2.30. The van der Waals surface area contributed by atoms with Gasteiger partial charge in [0.25, 0.3) is 0 Å². The SMILES string of the molecule is CC(C=CCCCCCCCOc1nc2ccccc2cc1C#N)=CC(=O)NCC(C)C. The lowest BCUT2D eigenvalue weighted by Gasteiger charge is -2.08. The number of hydrogen-bond donors (Lipinski definition) is 1. The average Bonchev–Trinajstić information content (AvgIpc) is 2.78. The van der Waals surface area contributed by atoms with E-state index in [-0.39, 0.29) is 5.91 Å². The maximum absolute atomic E-state index is 11.8. The van der Waals surface area contributed by atoms with E-state index in [1.54, 1.807) is 6.08 Å². The molecule has 0 unspecified atom stereocenters. The van der Waals surface area contributed by atoms with Gasteiger partial charge in [0, 0.05) is 18.0 Å². The summed E-state index contributed by atoms with van der Waals surface area (Å²) < 4.78 is 5.79. The molecule has 1 amide bonds. The van der Waals surface area contributed by atoms with E-state index in [1.165, 1.54) is 6.42 Å². The number of amides is 1. The third-order valence-electron chi connectivity index (χ3n) is 4.99. The van der Waals surface area contributed by atoms with E-state index in [0.717, 1.165) is 48.6 Å². The molecule has 1 N–H and O–H groups in total. The number of benzene rings is 1. The number of rotatable bonds is 13. The maximum Gasteiger partial charge on any atom is 0.244 e. The summed E-state index contributed by atoms with van der Waals surface area (Å²) >= 11 is 0. The monoisotopic (exact) mass is 433 g/mol. The van der Waals surface area contributed by atoms with Crippen LogP contribution in [0.2, 0.25) is 0 Å². The number of fused-ring (bicyclic) bond motifs is 1. The van der Waals surface area contributed by atoms with Crippen molar-refractivity contribution >= 4 is 16.8 Å². The molecule has 1 aromatic heterocycles. The standard InChI is InChI=1S/C27H35N3O2/c1-21(2)20-29-26(31)17-22(3)13-9-7-5-4-6-8-12-16-32-27-24(19-28)18-23-14-10-11-15-25(23)30-27/h9-11,13-15,17-18,21H,4-8,12,16,20H2,1-3H3,(H,29,31). The summed E-state index contributed by atoms with van der Waals surface area (Å²) in [6.45, 7) is 7.39. The summed E-state index contributed by atoms with van der Waals surface area (Å²) in [6, 6.07) is 11.8. The summed E-state index contributed by atoms with van der Waals surface area (Å²) in [4.78, 5) is 16.2. The fourth-order valence-electron chi connectivity index (χ4n) is 3.23. The zero-order chi connectivity index (χ0) is 23.2. The molecule has 5 nitrogen and oxygen atoms in total. The van der Waals surface area contributed by atoms with E-state index >= 15 is 0 Å². The Morgan fingerprint density at radius 3 is 2.72 bits per heavy atom. The number of aromatic nitrogens is 1. The Kier molecular flexibility index (Phi) is 11.0. The van der Waals surface area contributed by atoms with Crippen molar-refractivity contribution in [3.63, 3.8) is 0 Å². The third kappa shape index (κ3) is 9.34. The Balaban J connectivity index is 1.58. The first-order chi connectivity index (χ1) is 15.5. The highest BCUT2D eigenvalue weighted by Gasteiger charge is 2.07. The van der Waals surface area contributed by atoms with Crippen LogP contribution < -0.4 is 10.1 Å². The van der Waals surface area contributed by atoms with E-state index in [4.69, 9.17) is 4.74 Å². The van der Waals surface area contributed by atoms with Crippen molar-refractivity contribution in [2.75, 3.05) is 13.2 Å². The second-order valence-electron chi connectivity index (χ2n) is 8.48. The first-order valence-electron chi connectivity index (χ1n) is 11.5. The molecule has 0 bridgehead atoms. The van der Waals surface area contributed by atoms with Gasteiger partial charge >= 0.3 is 0 Å². The van der Waals surface area contributed by atoms with Crippen LogP contribution in [0.1, 0.15) is 64.9 Å². The van der Waals surface area contributed by atoms with Crippen LogP contribution in [0.4, 0.5) is 0 Å². The maximum atomic E-state index is 11.8. The zero-order valence-corrected chi connectivity index (χ0v) is 19.6. The number of ether oxygens (including phenoxy) is 1. The lowest BCUT2D eigenvalue weighted by molar-refractivity contribution is -0.116. The second-order valence-corrected chi connectivity index (χ2v) is 8.48. The van der Waals surface area contributed by atoms with Crippen LogP contribution >= 0.6 is 0 Å². The summed E-state index contributed by atoms with van der Waals surface area (Å²) in [6.07, 6.45) is 12.3. The summed E-state index contributed by atoms with van der Waals surface area (Å²) in [5.74, 6) is 0.863. The summed E-state index contributed by atoms with van der Waals surface area (Å²) in [7, 11) is 0. The van der Waals surface area contributed by atoms with Gasteiger partial charge in [0.1, 0.15) is 11.6 Å². The Labute approximate surface area is 192 Å². The minimum Gasteiger partial charge on any atom is -0.477 e. The Hall–Kier alpha value is -3.13. The van der Waals surface area contributed by atoms with Gasteiger partial charge in [-0.2, -0.15) is 5.26 Å². The van der Waals surface area contributed by atoms with Gasteiger partial charge in [0.05, 0.1) is 12.1 Å². The highest BCUT2D eigenvalue weighted by atomic mass is 16.5. The second kappa shape index (κ2) is 14.0. The van der Waals surface area contributed by atoms with Gasteiger partial charge < -0.3 is 10.1 Å². The number of pyridine rings is 1. The number of para-hydroxylation sites is 1. The number of allylic oxidation sites excluding steroid dienone is 3. The van der Waals surface area contributed by atoms with Gasteiger partial charge in [-0.05, 0) is 49.8 Å². The first-order valence-corrected chi connectivity index (χ1v) is 11.5. The van der Waals surface area contributed by atoms with E-state index < -0.39 is 0 Å². The minimum atomic E-state index is -0.0242. The Bertz CT molecular complexity index is 971. The quantitative estimate of drug-likeness (QED) is 0.235. The number of nitriles is 1. The lowest BCUT2D eigenvalue weighted by atomic mass is 10.1. The molecule has 0 saturated carbocycles. The number of unbranched alkanes of at least 4 members (excludes halogenated alkanes) is 5. The van der Waals surface area contributed by atoms with Gasteiger partial charge in [0.2, 0.25) is 11.8 Å². The molecule has 1 aromatic carbocycles. The van der Waals surface area contributed by atoms with Gasteiger partial charge in [0.15, 0.2) is 0 Å². The highest BCUT2D eigenvalue weighted by molar-refractivity contribution is 5.88. The smallest absolute Gasteiger partial charge is 0.244 e. The van der Waals surface area contributed by atoms with Gasteiger partial charge in [-0.15, -0.1) is 0 Å². The van der Waals surface area contributed by atoms with Gasteiger partial charge in [-0.3, -0.25) is 4.79 Å². The molecule has 5 heteroatoms. The van der Waals surface area contributed by atoms with Crippen molar-refractivity contribution in [3.05, 3.63) is 59.7 Å². The number of nitrogens with zero attached hydrogens (tertiary/aromatic N) is 2. The van der Waals surface area contributed by atoms with Gasteiger partial charge in [-0.25, -0.2) is 4.98 Å². The van der Waals surface area contributed by atoms with E-state index in [9.17, 15) is 10.1 Å². The molecule has 0 saturated heterocycles. The van der Waals surface area contributed by atoms with Crippen molar-refractivity contribution in [2.45, 2.75) is 59.3 Å². The number of nitrogens with one attached hydrogen (secondary N) is 1. The van der Waals surface area contributed by atoms with Crippen molar-refractivity contribution in [2.24, 2.45) is 5.92 Å². The molecule has 0 aliphatic rings. The molecule has 2 rings (SSSR count).